The molecular formula is C20H26N6O. The molecule has 1 fully saturated rings. The molecule has 2 aromatic heterocycles. The maximum absolute atomic E-state index is 11.9. The quantitative estimate of drug-likeness (QED) is 0.895. The van der Waals surface area contributed by atoms with Gasteiger partial charge in [-0.2, -0.15) is 0 Å². The summed E-state index contributed by atoms with van der Waals surface area (Å²) < 4.78 is 0. The minimum atomic E-state index is 0.0909. The highest BCUT2D eigenvalue weighted by atomic mass is 16.2. The van der Waals surface area contributed by atoms with Crippen molar-refractivity contribution in [3.8, 4) is 11.4 Å². The first-order valence-electron chi connectivity index (χ1n) is 9.61. The number of piperidine rings is 1. The number of likely N-dealkylation sites (tertiary alicyclic amines) is 1. The molecule has 0 unspecified atom stereocenters. The van der Waals surface area contributed by atoms with E-state index in [1.165, 1.54) is 6.42 Å². The Hall–Kier alpha value is -2.54. The third-order valence-electron chi connectivity index (χ3n) is 5.41. The van der Waals surface area contributed by atoms with Crippen LogP contribution in [0.15, 0.2) is 24.5 Å². The van der Waals surface area contributed by atoms with Crippen molar-refractivity contribution >= 4 is 11.7 Å². The zero-order valence-corrected chi connectivity index (χ0v) is 16.0. The number of pyridine rings is 1. The van der Waals surface area contributed by atoms with Crippen LogP contribution in [0.5, 0.6) is 0 Å². The number of aromatic nitrogens is 3. The van der Waals surface area contributed by atoms with E-state index in [1.54, 1.807) is 19.3 Å². The van der Waals surface area contributed by atoms with E-state index in [-0.39, 0.29) is 5.91 Å². The molecule has 2 aliphatic heterocycles. The molecule has 1 atom stereocenters. The Bertz CT molecular complexity index is 825. The van der Waals surface area contributed by atoms with E-state index >= 15 is 0 Å². The first-order chi connectivity index (χ1) is 13.1. The highest BCUT2D eigenvalue weighted by molar-refractivity contribution is 5.74. The fourth-order valence-corrected chi connectivity index (χ4v) is 3.93. The summed E-state index contributed by atoms with van der Waals surface area (Å²) in [5, 5.41) is 3.68. The second-order valence-electron chi connectivity index (χ2n) is 7.49. The molecule has 0 spiro atoms. The van der Waals surface area contributed by atoms with Gasteiger partial charge < -0.3 is 15.1 Å². The van der Waals surface area contributed by atoms with Crippen molar-refractivity contribution in [3.63, 3.8) is 0 Å². The van der Waals surface area contributed by atoms with Crippen LogP contribution >= 0.6 is 0 Å². The summed E-state index contributed by atoms with van der Waals surface area (Å²) >= 11 is 0. The maximum Gasteiger partial charge on any atom is 0.219 e. The Morgan fingerprint density at radius 3 is 2.78 bits per heavy atom. The molecule has 27 heavy (non-hydrogen) atoms. The van der Waals surface area contributed by atoms with E-state index < -0.39 is 0 Å². The molecule has 0 bridgehead atoms. The van der Waals surface area contributed by atoms with Gasteiger partial charge >= 0.3 is 0 Å². The summed E-state index contributed by atoms with van der Waals surface area (Å²) in [4.78, 5) is 29.8. The van der Waals surface area contributed by atoms with Crippen LogP contribution in [0.25, 0.3) is 11.4 Å². The SMILES string of the molecule is CC(=O)N1CCc2c(nc(-c3ccncc3)nc2N[C@H]2CCCN(C)C2)C1. The van der Waals surface area contributed by atoms with Crippen molar-refractivity contribution in [2.75, 3.05) is 32.0 Å². The number of nitrogens with zero attached hydrogens (tertiary/aromatic N) is 5. The van der Waals surface area contributed by atoms with Crippen LogP contribution in [0, 0.1) is 0 Å². The Morgan fingerprint density at radius 2 is 2.04 bits per heavy atom. The molecule has 0 aromatic carbocycles. The van der Waals surface area contributed by atoms with Crippen LogP contribution in [-0.4, -0.2) is 63.4 Å². The topological polar surface area (TPSA) is 74.2 Å². The number of amides is 1. The van der Waals surface area contributed by atoms with Gasteiger partial charge in [0, 0.05) is 49.6 Å². The Morgan fingerprint density at radius 1 is 1.22 bits per heavy atom. The monoisotopic (exact) mass is 366 g/mol. The van der Waals surface area contributed by atoms with Crippen LogP contribution in [-0.2, 0) is 17.8 Å². The van der Waals surface area contributed by atoms with Gasteiger partial charge in [0.15, 0.2) is 5.82 Å². The number of nitrogens with one attached hydrogen (secondary N) is 1. The van der Waals surface area contributed by atoms with E-state index in [1.807, 2.05) is 17.0 Å². The molecule has 4 rings (SSSR count). The number of hydrogen-bond donors (Lipinski definition) is 1. The first kappa shape index (κ1) is 17.9. The van der Waals surface area contributed by atoms with Gasteiger partial charge in [0.25, 0.3) is 0 Å². The van der Waals surface area contributed by atoms with E-state index in [2.05, 4.69) is 22.2 Å². The van der Waals surface area contributed by atoms with E-state index in [9.17, 15) is 4.79 Å². The van der Waals surface area contributed by atoms with Crippen molar-refractivity contribution in [2.45, 2.75) is 38.8 Å². The first-order valence-corrected chi connectivity index (χ1v) is 9.61. The molecule has 0 saturated carbocycles. The summed E-state index contributed by atoms with van der Waals surface area (Å²) in [6.45, 7) is 5.05. The number of rotatable bonds is 3. The normalized spacial score (nSPS) is 20.2. The van der Waals surface area contributed by atoms with Gasteiger partial charge in [0.1, 0.15) is 5.82 Å². The zero-order chi connectivity index (χ0) is 18.8. The van der Waals surface area contributed by atoms with E-state index in [0.29, 0.717) is 18.4 Å². The van der Waals surface area contributed by atoms with Gasteiger partial charge in [-0.3, -0.25) is 9.78 Å². The number of fused-ring (bicyclic) bond motifs is 1. The summed E-state index contributed by atoms with van der Waals surface area (Å²) in [5.41, 5.74) is 3.04. The third kappa shape index (κ3) is 3.93. The van der Waals surface area contributed by atoms with Crippen molar-refractivity contribution < 1.29 is 4.79 Å². The van der Waals surface area contributed by atoms with Crippen LogP contribution < -0.4 is 5.32 Å². The van der Waals surface area contributed by atoms with E-state index in [4.69, 9.17) is 9.97 Å². The van der Waals surface area contributed by atoms with Gasteiger partial charge in [-0.15, -0.1) is 0 Å². The summed E-state index contributed by atoms with van der Waals surface area (Å²) in [6, 6.07) is 4.23. The molecule has 7 heteroatoms. The number of likely N-dealkylation sites (N-methyl/N-ethyl adjacent to an activating group) is 1. The Kier molecular flexibility index (Phi) is 5.03. The molecule has 1 saturated heterocycles. The minimum Gasteiger partial charge on any atom is -0.366 e. The van der Waals surface area contributed by atoms with Gasteiger partial charge in [-0.05, 0) is 45.0 Å². The number of hydrogen-bond acceptors (Lipinski definition) is 6. The molecule has 4 heterocycles. The lowest BCUT2D eigenvalue weighted by atomic mass is 10.0. The van der Waals surface area contributed by atoms with Gasteiger partial charge in [0.2, 0.25) is 5.91 Å². The molecular weight excluding hydrogens is 340 g/mol. The van der Waals surface area contributed by atoms with Crippen LogP contribution in [0.4, 0.5) is 5.82 Å². The largest absolute Gasteiger partial charge is 0.366 e. The fourth-order valence-electron chi connectivity index (χ4n) is 3.93. The second kappa shape index (κ2) is 7.60. The second-order valence-corrected chi connectivity index (χ2v) is 7.49. The molecule has 0 radical (unpaired) electrons. The molecule has 1 amide bonds. The van der Waals surface area contributed by atoms with Crippen molar-refractivity contribution in [2.24, 2.45) is 0 Å². The number of carbonyl (C=O) groups is 1. The summed E-state index contributed by atoms with van der Waals surface area (Å²) in [6.07, 6.45) is 6.63. The molecule has 2 aliphatic rings. The van der Waals surface area contributed by atoms with Gasteiger partial charge in [-0.1, -0.05) is 0 Å². The van der Waals surface area contributed by atoms with Crippen molar-refractivity contribution in [3.05, 3.63) is 35.8 Å². The summed E-state index contributed by atoms with van der Waals surface area (Å²) in [7, 11) is 2.16. The average Bonchev–Trinajstić information content (AvgIpc) is 2.68. The average molecular weight is 366 g/mol. The molecule has 142 valence electrons. The Balaban J connectivity index is 1.70. The molecule has 0 aliphatic carbocycles. The van der Waals surface area contributed by atoms with Gasteiger partial charge in [0.05, 0.1) is 12.2 Å². The van der Waals surface area contributed by atoms with Crippen LogP contribution in [0.3, 0.4) is 0 Å². The smallest absolute Gasteiger partial charge is 0.219 e. The Labute approximate surface area is 159 Å². The van der Waals surface area contributed by atoms with Crippen molar-refractivity contribution in [1.29, 1.82) is 0 Å². The van der Waals surface area contributed by atoms with E-state index in [0.717, 1.165) is 55.1 Å². The lowest BCUT2D eigenvalue weighted by Gasteiger charge is -2.33. The highest BCUT2D eigenvalue weighted by Gasteiger charge is 2.26. The lowest BCUT2D eigenvalue weighted by molar-refractivity contribution is -0.129. The van der Waals surface area contributed by atoms with Crippen molar-refractivity contribution in [1.82, 2.24) is 24.8 Å². The number of carbonyl (C=O) groups excluding carboxylic acids is 1. The zero-order valence-electron chi connectivity index (χ0n) is 16.0. The molecule has 2 aromatic rings. The summed E-state index contributed by atoms with van der Waals surface area (Å²) in [5.74, 6) is 1.71. The molecule has 7 nitrogen and oxygen atoms in total. The predicted octanol–water partition coefficient (Wildman–Crippen LogP) is 1.95. The van der Waals surface area contributed by atoms with Crippen LogP contribution in [0.1, 0.15) is 31.0 Å². The van der Waals surface area contributed by atoms with Gasteiger partial charge in [-0.25, -0.2) is 9.97 Å². The standard InChI is InChI=1S/C20H26N6O/c1-14(27)26-11-7-17-18(13-26)23-19(15-5-8-21-9-6-15)24-20(17)22-16-4-3-10-25(2)12-16/h5-6,8-9,16H,3-4,7,10-13H2,1-2H3,(H,22,23,24)/t16-/m0/s1. The molecule has 1 N–H and O–H groups in total. The minimum absolute atomic E-state index is 0.0909. The lowest BCUT2D eigenvalue weighted by Crippen LogP contribution is -2.41. The highest BCUT2D eigenvalue weighted by Crippen LogP contribution is 2.28. The number of anilines is 1. The third-order valence-corrected chi connectivity index (χ3v) is 5.41. The predicted molar refractivity (Wildman–Crippen MR) is 104 cm³/mol. The fraction of sp³-hybridized carbons (Fsp3) is 0.500. The van der Waals surface area contributed by atoms with Crippen LogP contribution in [0.2, 0.25) is 0 Å². The maximum atomic E-state index is 11.9.